The Bertz CT molecular complexity index is 1900. The van der Waals surface area contributed by atoms with Crippen LogP contribution in [0.1, 0.15) is 312 Å². The van der Waals surface area contributed by atoms with Gasteiger partial charge >= 0.3 is 0 Å². The Morgan fingerprint density at radius 3 is 0.812 bits per heavy atom. The van der Waals surface area contributed by atoms with Gasteiger partial charge in [-0.3, -0.25) is 19.5 Å². The van der Waals surface area contributed by atoms with E-state index < -0.39 is 39.2 Å². The van der Waals surface area contributed by atoms with Crippen LogP contribution in [0.3, 0.4) is 0 Å². The van der Waals surface area contributed by atoms with Gasteiger partial charge in [0.25, 0.3) is 0 Å². The Kier molecular flexibility index (Phi) is 22.6. The van der Waals surface area contributed by atoms with Gasteiger partial charge in [-0.2, -0.15) is 0 Å². The number of carbonyl (C=O) groups is 1. The van der Waals surface area contributed by atoms with Crippen molar-refractivity contribution in [3.05, 3.63) is 0 Å². The minimum atomic E-state index is -1.34. The van der Waals surface area contributed by atoms with Gasteiger partial charge in [0.1, 0.15) is 17.2 Å². The van der Waals surface area contributed by atoms with Crippen molar-refractivity contribution in [1.29, 1.82) is 0 Å². The summed E-state index contributed by atoms with van der Waals surface area (Å²) in [6.45, 7) is 97.9. The molecule has 0 amide bonds. The summed E-state index contributed by atoms with van der Waals surface area (Å²) >= 11 is 0. The van der Waals surface area contributed by atoms with Crippen molar-refractivity contribution in [1.82, 2.24) is 25.3 Å². The lowest BCUT2D eigenvalue weighted by molar-refractivity contribution is -0.406. The molecule has 2 fully saturated rings. The summed E-state index contributed by atoms with van der Waals surface area (Å²) in [5.41, 5.74) is -7.37. The first-order valence-electron chi connectivity index (χ1n) is 31.1. The van der Waals surface area contributed by atoms with Crippen molar-refractivity contribution in [3.8, 4) is 0 Å². The average molecular weight is 1140 g/mol. The van der Waals surface area contributed by atoms with Crippen LogP contribution in [0.2, 0.25) is 0 Å². The van der Waals surface area contributed by atoms with Crippen LogP contribution in [0.25, 0.3) is 0 Å². The predicted molar refractivity (Wildman–Crippen MR) is 348 cm³/mol. The number of rotatable bonds is 4. The second-order valence-corrected chi connectivity index (χ2v) is 40.9. The number of aliphatic hydroxyl groups is 3. The van der Waals surface area contributed by atoms with E-state index >= 15 is 0 Å². The molecular formula is C70H145N5O5. The molecule has 2 saturated heterocycles. The molecule has 2 aliphatic heterocycles. The molecule has 2 rings (SSSR count). The number of carbonyl (C=O) groups excluding carboxylic acids is 1. The minimum absolute atomic E-state index is 0.0428. The fourth-order valence-corrected chi connectivity index (χ4v) is 13.5. The summed E-state index contributed by atoms with van der Waals surface area (Å²) in [6, 6.07) is -1.00. The standard InChI is InChI=1S/2C28H58N2O2.C14H29NO/c1-21(2,3)19(29-25(13,14)15)27(23(7,8)9)30(26(16,17)18)20(22(4,5)6)28(31,32-27)24(10,11)12;1-21(2,3)19-27(31,23(7,8)9)30(26(16,17)18)20(22(4,5)6)28(32,24(10,11)12)29(19)25(13,14)15;1-12(2,3)10(15-14(7,8)9)11(16)13(4,5)6/h19-20,29,31H,1-18H3;19-20,31-32H,1-18H3;10,15H,1-9H3. The van der Waals surface area contributed by atoms with Crippen molar-refractivity contribution in [2.24, 2.45) is 54.1 Å². The fraction of sp³-hybridized carbons (Fsp3) is 0.986. The van der Waals surface area contributed by atoms with E-state index in [2.05, 4.69) is 316 Å². The number of ketones is 1. The van der Waals surface area contributed by atoms with Gasteiger partial charge in [-0.25, -0.2) is 0 Å². The summed E-state index contributed by atoms with van der Waals surface area (Å²) in [6.07, 6.45) is 0. The molecule has 10 nitrogen and oxygen atoms in total. The molecule has 10 heteroatoms. The molecule has 0 radical (unpaired) electrons. The zero-order chi connectivity index (χ0) is 65.8. The van der Waals surface area contributed by atoms with E-state index in [4.69, 9.17) is 4.74 Å². The number of hydrogen-bond donors (Lipinski definition) is 5. The minimum Gasteiger partial charge on any atom is -0.373 e. The molecule has 0 aromatic rings. The lowest BCUT2D eigenvalue weighted by Gasteiger charge is -2.77. The highest BCUT2D eigenvalue weighted by molar-refractivity contribution is 5.89. The normalized spacial score (nSPS) is 28.7. The second-order valence-electron chi connectivity index (χ2n) is 40.9. The van der Waals surface area contributed by atoms with Gasteiger partial charge in [-0.1, -0.05) is 208 Å². The van der Waals surface area contributed by atoms with Crippen molar-refractivity contribution < 1.29 is 24.9 Å². The highest BCUT2D eigenvalue weighted by Crippen LogP contribution is 2.64. The highest BCUT2D eigenvalue weighted by Gasteiger charge is 2.77. The van der Waals surface area contributed by atoms with Crippen LogP contribution >= 0.6 is 0 Å². The average Bonchev–Trinajstić information content (AvgIpc) is 3.42. The summed E-state index contributed by atoms with van der Waals surface area (Å²) in [5.74, 6) is -1.05. The lowest BCUT2D eigenvalue weighted by Crippen LogP contribution is -2.91. The topological polar surface area (TPSA) is 121 Å². The first kappa shape index (κ1) is 79.3. The van der Waals surface area contributed by atoms with Crippen molar-refractivity contribution in [3.63, 3.8) is 0 Å². The van der Waals surface area contributed by atoms with Gasteiger partial charge in [-0.15, -0.1) is 0 Å². The molecule has 80 heavy (non-hydrogen) atoms. The van der Waals surface area contributed by atoms with Crippen LogP contribution in [0.5, 0.6) is 0 Å². The molecular weight excluding hydrogens is 991 g/mol. The van der Waals surface area contributed by atoms with Crippen molar-refractivity contribution in [2.75, 3.05) is 0 Å². The summed E-state index contributed by atoms with van der Waals surface area (Å²) in [4.78, 5) is 19.6. The number of Topliss-reactive ketones (excluding diaryl/α,β-unsaturated/α-hetero) is 1. The third-order valence-electron chi connectivity index (χ3n) is 16.6. The van der Waals surface area contributed by atoms with E-state index in [1.165, 1.54) is 0 Å². The molecule has 0 aliphatic carbocycles. The van der Waals surface area contributed by atoms with E-state index in [0.29, 0.717) is 0 Å². The summed E-state index contributed by atoms with van der Waals surface area (Å²) in [7, 11) is 0. The number of hydrogen-bond acceptors (Lipinski definition) is 10. The first-order valence-corrected chi connectivity index (χ1v) is 31.1. The molecule has 0 aromatic heterocycles. The molecule has 0 aromatic carbocycles. The van der Waals surface area contributed by atoms with Crippen molar-refractivity contribution >= 4 is 5.78 Å². The van der Waals surface area contributed by atoms with Crippen LogP contribution in [-0.4, -0.2) is 117 Å². The highest BCUT2D eigenvalue weighted by atomic mass is 16.7. The van der Waals surface area contributed by atoms with Gasteiger partial charge in [0, 0.05) is 54.8 Å². The van der Waals surface area contributed by atoms with Crippen LogP contribution < -0.4 is 10.6 Å². The number of nitrogens with one attached hydrogen (secondary N) is 2. The van der Waals surface area contributed by atoms with E-state index in [1.54, 1.807) is 0 Å². The fourth-order valence-electron chi connectivity index (χ4n) is 13.5. The second kappa shape index (κ2) is 22.8. The maximum Gasteiger partial charge on any atom is 0.189 e. The molecule has 480 valence electrons. The third kappa shape index (κ3) is 16.9. The van der Waals surface area contributed by atoms with E-state index in [9.17, 15) is 20.1 Å². The Hall–Kier alpha value is -0.690. The van der Waals surface area contributed by atoms with Crippen LogP contribution in [0, 0.1) is 54.1 Å². The molecule has 0 spiro atoms. The van der Waals surface area contributed by atoms with Crippen molar-refractivity contribution in [2.45, 2.75) is 392 Å². The quantitative estimate of drug-likeness (QED) is 0.186. The molecule has 5 N–H and O–H groups in total. The van der Waals surface area contributed by atoms with Gasteiger partial charge in [0.05, 0.1) is 30.2 Å². The Morgan fingerprint density at radius 1 is 0.375 bits per heavy atom. The van der Waals surface area contributed by atoms with Gasteiger partial charge < -0.3 is 30.7 Å². The Labute approximate surface area is 500 Å². The summed E-state index contributed by atoms with van der Waals surface area (Å²) in [5, 5.41) is 46.3. The molecule has 2 aliphatic rings. The molecule has 0 bridgehead atoms. The van der Waals surface area contributed by atoms with E-state index in [-0.39, 0.29) is 102 Å². The maximum absolute atomic E-state index is 13.1. The largest absolute Gasteiger partial charge is 0.373 e. The molecule has 9 unspecified atom stereocenters. The smallest absolute Gasteiger partial charge is 0.189 e. The van der Waals surface area contributed by atoms with Crippen LogP contribution in [0.15, 0.2) is 0 Å². The first-order chi connectivity index (χ1) is 33.8. The molecule has 2 heterocycles. The van der Waals surface area contributed by atoms with Crippen LogP contribution in [0.4, 0.5) is 0 Å². The van der Waals surface area contributed by atoms with Gasteiger partial charge in [0.2, 0.25) is 0 Å². The van der Waals surface area contributed by atoms with E-state index in [1.807, 2.05) is 20.8 Å². The number of nitrogens with zero attached hydrogens (tertiary/aromatic N) is 3. The number of piperazine rings is 1. The van der Waals surface area contributed by atoms with Gasteiger partial charge in [-0.05, 0) is 131 Å². The summed E-state index contributed by atoms with van der Waals surface area (Å²) < 4.78 is 7.30. The zero-order valence-corrected chi connectivity index (χ0v) is 62.4. The molecule has 9 atom stereocenters. The zero-order valence-electron chi connectivity index (χ0n) is 62.4. The predicted octanol–water partition coefficient (Wildman–Crippen LogP) is 16.7. The Morgan fingerprint density at radius 2 is 0.650 bits per heavy atom. The molecule has 0 saturated carbocycles. The monoisotopic (exact) mass is 1140 g/mol. The maximum atomic E-state index is 13.1. The number of ether oxygens (including phenoxy) is 1. The van der Waals surface area contributed by atoms with Gasteiger partial charge in [0.15, 0.2) is 11.6 Å². The SMILES string of the molecule is CC(C)(C)C1N(C(C)(C)C)C(O)(C(C)(C)C)C(C(C)(C)C)N(C(C)(C)C)C1(O)C(C)(C)C.CC(C)(C)NC(C(=O)C(C)(C)C)C(C)(C)C.CC(C)(C)NC(C(C)(C)C)C1(C(C)(C)C)OC(O)(C(C)(C)C)C(C(C)(C)C)N1C(C)(C)C. The lowest BCUT2D eigenvalue weighted by atomic mass is 9.56. The third-order valence-corrected chi connectivity index (χ3v) is 16.6. The van der Waals surface area contributed by atoms with E-state index in [0.717, 1.165) is 0 Å². The Balaban J connectivity index is 0.00000124. The van der Waals surface area contributed by atoms with Crippen LogP contribution in [-0.2, 0) is 9.53 Å².